The van der Waals surface area contributed by atoms with E-state index in [2.05, 4.69) is 16.9 Å². The smallest absolute Gasteiger partial charge is 0.423 e. The Bertz CT molecular complexity index is 643. The summed E-state index contributed by atoms with van der Waals surface area (Å²) in [4.78, 5) is 15.7. The lowest BCUT2D eigenvalue weighted by atomic mass is 9.77. The standard InChI is InChI=1S/C14H14BFN2O3/c1-3-10(6-12-9(2)8-21-15(12)20)18-14(19)11-7-17-5-4-13(11)16/h3-7,20H,2,8H2,1H3,(H,18,19)/b10-3+,12-6+. The first-order valence-corrected chi connectivity index (χ1v) is 6.29. The summed E-state index contributed by atoms with van der Waals surface area (Å²) in [6.07, 6.45) is 5.59. The first kappa shape index (κ1) is 15.1. The Morgan fingerprint density at radius 1 is 1.67 bits per heavy atom. The largest absolute Gasteiger partial charge is 0.491 e. The second-order valence-corrected chi connectivity index (χ2v) is 4.42. The Morgan fingerprint density at radius 2 is 2.43 bits per heavy atom. The van der Waals surface area contributed by atoms with Crippen LogP contribution in [0.1, 0.15) is 17.3 Å². The molecule has 1 saturated heterocycles. The Balaban J connectivity index is 2.17. The molecular weight excluding hydrogens is 274 g/mol. The lowest BCUT2D eigenvalue weighted by molar-refractivity contribution is 0.0962. The summed E-state index contributed by atoms with van der Waals surface area (Å²) in [5.74, 6) is -1.27. The number of amides is 1. The van der Waals surface area contributed by atoms with Crippen LogP contribution in [-0.4, -0.2) is 29.6 Å². The van der Waals surface area contributed by atoms with Crippen LogP contribution < -0.4 is 5.32 Å². The van der Waals surface area contributed by atoms with Crippen LogP contribution in [0.15, 0.2) is 53.9 Å². The summed E-state index contributed by atoms with van der Waals surface area (Å²) in [6.45, 7) is 5.70. The topological polar surface area (TPSA) is 71.5 Å². The predicted octanol–water partition coefficient (Wildman–Crippen LogP) is 1.39. The van der Waals surface area contributed by atoms with Crippen LogP contribution in [0.3, 0.4) is 0 Å². The monoisotopic (exact) mass is 288 g/mol. The molecule has 2 heterocycles. The molecule has 7 heteroatoms. The van der Waals surface area contributed by atoms with Crippen LogP contribution in [0.5, 0.6) is 0 Å². The van der Waals surface area contributed by atoms with Gasteiger partial charge in [-0.05, 0) is 30.1 Å². The number of hydrogen-bond donors (Lipinski definition) is 2. The van der Waals surface area contributed by atoms with Gasteiger partial charge in [-0.3, -0.25) is 9.78 Å². The van der Waals surface area contributed by atoms with Gasteiger partial charge in [0, 0.05) is 18.1 Å². The van der Waals surface area contributed by atoms with Gasteiger partial charge in [0.1, 0.15) is 5.82 Å². The minimum Gasteiger partial charge on any atom is -0.423 e. The van der Waals surface area contributed by atoms with Crippen molar-refractivity contribution in [1.29, 1.82) is 0 Å². The number of aromatic nitrogens is 1. The number of carbonyl (C=O) groups is 1. The molecule has 0 aliphatic carbocycles. The molecule has 0 radical (unpaired) electrons. The van der Waals surface area contributed by atoms with E-state index >= 15 is 0 Å². The molecule has 2 N–H and O–H groups in total. The van der Waals surface area contributed by atoms with Crippen molar-refractivity contribution >= 4 is 13.0 Å². The second kappa shape index (κ2) is 6.47. The molecule has 108 valence electrons. The van der Waals surface area contributed by atoms with Crippen LogP contribution in [0, 0.1) is 5.82 Å². The van der Waals surface area contributed by atoms with Crippen molar-refractivity contribution in [3.63, 3.8) is 0 Å². The first-order valence-electron chi connectivity index (χ1n) is 6.29. The van der Waals surface area contributed by atoms with Crippen LogP contribution in [0.4, 0.5) is 4.39 Å². The number of allylic oxidation sites excluding steroid dienone is 2. The number of nitrogens with one attached hydrogen (secondary N) is 1. The van der Waals surface area contributed by atoms with Crippen molar-refractivity contribution in [3.05, 3.63) is 65.3 Å². The Hall–Kier alpha value is -2.25. The maximum atomic E-state index is 13.5. The molecule has 1 fully saturated rings. The molecule has 1 aliphatic heterocycles. The fourth-order valence-electron chi connectivity index (χ4n) is 1.80. The van der Waals surface area contributed by atoms with Gasteiger partial charge in [-0.1, -0.05) is 12.7 Å². The molecule has 0 atom stereocenters. The Kier molecular flexibility index (Phi) is 4.67. The van der Waals surface area contributed by atoms with Crippen LogP contribution >= 0.6 is 0 Å². The number of halogens is 1. The van der Waals surface area contributed by atoms with E-state index < -0.39 is 18.8 Å². The molecule has 1 aromatic heterocycles. The number of hydrogen-bond acceptors (Lipinski definition) is 4. The van der Waals surface area contributed by atoms with E-state index in [1.54, 1.807) is 19.1 Å². The van der Waals surface area contributed by atoms with E-state index in [1.165, 1.54) is 6.20 Å². The summed E-state index contributed by atoms with van der Waals surface area (Å²) in [6, 6.07) is 1.11. The second-order valence-electron chi connectivity index (χ2n) is 4.42. The molecule has 0 unspecified atom stereocenters. The van der Waals surface area contributed by atoms with Gasteiger partial charge in [-0.15, -0.1) is 0 Å². The van der Waals surface area contributed by atoms with Crippen molar-refractivity contribution in [2.75, 3.05) is 6.61 Å². The van der Waals surface area contributed by atoms with Crippen molar-refractivity contribution < 1.29 is 18.9 Å². The first-order chi connectivity index (χ1) is 10.0. The van der Waals surface area contributed by atoms with Gasteiger partial charge in [0.25, 0.3) is 5.91 Å². The van der Waals surface area contributed by atoms with Crippen molar-refractivity contribution in [1.82, 2.24) is 10.3 Å². The summed E-state index contributed by atoms with van der Waals surface area (Å²) >= 11 is 0. The zero-order valence-corrected chi connectivity index (χ0v) is 11.5. The number of rotatable bonds is 3. The molecule has 0 spiro atoms. The normalized spacial score (nSPS) is 17.5. The highest BCUT2D eigenvalue weighted by molar-refractivity contribution is 6.55. The summed E-state index contributed by atoms with van der Waals surface area (Å²) in [5, 5.41) is 12.2. The summed E-state index contributed by atoms with van der Waals surface area (Å²) in [7, 11) is -1.07. The fraction of sp³-hybridized carbons (Fsp3) is 0.143. The maximum Gasteiger partial charge on any atom is 0.491 e. The van der Waals surface area contributed by atoms with E-state index in [-0.39, 0.29) is 12.2 Å². The van der Waals surface area contributed by atoms with Crippen molar-refractivity contribution in [2.24, 2.45) is 0 Å². The molecule has 5 nitrogen and oxygen atoms in total. The third-order valence-corrected chi connectivity index (χ3v) is 2.98. The third-order valence-electron chi connectivity index (χ3n) is 2.98. The summed E-state index contributed by atoms with van der Waals surface area (Å²) < 4.78 is 18.5. The van der Waals surface area contributed by atoms with Gasteiger partial charge in [0.15, 0.2) is 0 Å². The van der Waals surface area contributed by atoms with Gasteiger partial charge in [0.2, 0.25) is 0 Å². The lowest BCUT2D eigenvalue weighted by Gasteiger charge is -2.08. The van der Waals surface area contributed by atoms with Gasteiger partial charge >= 0.3 is 7.12 Å². The van der Waals surface area contributed by atoms with E-state index in [1.807, 2.05) is 0 Å². The minimum absolute atomic E-state index is 0.155. The predicted molar refractivity (Wildman–Crippen MR) is 76.6 cm³/mol. The Labute approximate surface area is 122 Å². The quantitative estimate of drug-likeness (QED) is 0.824. The van der Waals surface area contributed by atoms with Crippen LogP contribution in [0.2, 0.25) is 0 Å². The number of nitrogens with zero attached hydrogens (tertiary/aromatic N) is 1. The third kappa shape index (κ3) is 3.45. The molecular formula is C14H14BFN2O3. The summed E-state index contributed by atoms with van der Waals surface area (Å²) in [5.41, 5.74) is 1.36. The van der Waals surface area contributed by atoms with E-state index in [9.17, 15) is 14.2 Å². The fourth-order valence-corrected chi connectivity index (χ4v) is 1.80. The highest BCUT2D eigenvalue weighted by Crippen LogP contribution is 2.21. The molecule has 1 aromatic rings. The molecule has 1 amide bonds. The molecule has 0 saturated carbocycles. The molecule has 21 heavy (non-hydrogen) atoms. The highest BCUT2D eigenvalue weighted by atomic mass is 19.1. The molecule has 0 aromatic carbocycles. The number of carbonyl (C=O) groups excluding carboxylic acids is 1. The van der Waals surface area contributed by atoms with Gasteiger partial charge < -0.3 is 15.0 Å². The molecule has 2 rings (SSSR count). The SMILES string of the molecule is C=C1COB(O)/C1=C/C(=C\C)NC(=O)c1cnccc1F. The Morgan fingerprint density at radius 3 is 3.00 bits per heavy atom. The average Bonchev–Trinajstić information content (AvgIpc) is 2.78. The van der Waals surface area contributed by atoms with Gasteiger partial charge in [-0.2, -0.15) is 0 Å². The molecule has 0 bridgehead atoms. The van der Waals surface area contributed by atoms with Gasteiger partial charge in [0.05, 0.1) is 12.2 Å². The van der Waals surface area contributed by atoms with E-state index in [0.29, 0.717) is 16.7 Å². The number of pyridine rings is 1. The van der Waals surface area contributed by atoms with E-state index in [0.717, 1.165) is 12.3 Å². The van der Waals surface area contributed by atoms with Crippen LogP contribution in [0.25, 0.3) is 0 Å². The lowest BCUT2D eigenvalue weighted by Crippen LogP contribution is -2.24. The van der Waals surface area contributed by atoms with Crippen molar-refractivity contribution in [3.8, 4) is 0 Å². The zero-order chi connectivity index (χ0) is 15.4. The zero-order valence-electron chi connectivity index (χ0n) is 11.5. The minimum atomic E-state index is -1.07. The van der Waals surface area contributed by atoms with Crippen LogP contribution in [-0.2, 0) is 4.65 Å². The molecule has 1 aliphatic rings. The van der Waals surface area contributed by atoms with Crippen molar-refractivity contribution in [2.45, 2.75) is 6.92 Å². The average molecular weight is 288 g/mol. The van der Waals surface area contributed by atoms with E-state index in [4.69, 9.17) is 4.65 Å². The highest BCUT2D eigenvalue weighted by Gasteiger charge is 2.29. The van der Waals surface area contributed by atoms with Gasteiger partial charge in [-0.25, -0.2) is 4.39 Å². The maximum absolute atomic E-state index is 13.5.